The molecule has 0 heterocycles. The standard InChI is InChI=1S/C26H23O2/c1-28-25-19-21(20-11-5-2-6-12-20)17-18-24(25)26(27,22-13-7-3-8-14-22)23-15-9-4-10-16-23/h2-19,21,27H,1H3/q-1/t21-/m0/s1. The highest BCUT2D eigenvalue weighted by Gasteiger charge is 2.32. The summed E-state index contributed by atoms with van der Waals surface area (Å²) in [4.78, 5) is 0. The Labute approximate surface area is 166 Å². The Morgan fingerprint density at radius 2 is 1.29 bits per heavy atom. The number of allylic oxidation sites excluding steroid dienone is 2. The fourth-order valence-corrected chi connectivity index (χ4v) is 3.79. The molecule has 0 fully saturated rings. The van der Waals surface area contributed by atoms with E-state index in [1.165, 1.54) is 5.56 Å². The molecule has 0 unspecified atom stereocenters. The van der Waals surface area contributed by atoms with Gasteiger partial charge in [0.1, 0.15) is 0 Å². The lowest BCUT2D eigenvalue weighted by molar-refractivity contribution is 0.116. The fourth-order valence-electron chi connectivity index (χ4n) is 3.79. The molecule has 1 N–H and O–H groups in total. The van der Waals surface area contributed by atoms with Gasteiger partial charge >= 0.3 is 0 Å². The average molecular weight is 367 g/mol. The highest BCUT2D eigenvalue weighted by molar-refractivity contribution is 5.54. The van der Waals surface area contributed by atoms with E-state index in [0.29, 0.717) is 5.76 Å². The van der Waals surface area contributed by atoms with Crippen LogP contribution in [-0.4, -0.2) is 12.2 Å². The minimum absolute atomic E-state index is 0.107. The van der Waals surface area contributed by atoms with E-state index in [2.05, 4.69) is 24.6 Å². The SMILES string of the molecule is COC1=C(C(O)(c2ccccc2)c2ccccc2)C=C[C@H](c2ccccc2)[CH-]1. The maximum atomic E-state index is 12.0. The van der Waals surface area contributed by atoms with E-state index in [0.717, 1.165) is 16.7 Å². The van der Waals surface area contributed by atoms with Crippen molar-refractivity contribution in [3.8, 4) is 0 Å². The molecular weight excluding hydrogens is 344 g/mol. The number of rotatable bonds is 5. The van der Waals surface area contributed by atoms with Gasteiger partial charge in [-0.25, -0.2) is 0 Å². The van der Waals surface area contributed by atoms with Crippen molar-refractivity contribution in [2.75, 3.05) is 7.11 Å². The minimum atomic E-state index is -1.30. The third kappa shape index (κ3) is 3.23. The first-order valence-corrected chi connectivity index (χ1v) is 9.43. The summed E-state index contributed by atoms with van der Waals surface area (Å²) in [6, 6.07) is 29.8. The number of hydrogen-bond donors (Lipinski definition) is 1. The maximum Gasteiger partial charge on any atom is 0.0792 e. The minimum Gasteiger partial charge on any atom is -0.534 e. The van der Waals surface area contributed by atoms with Crippen LogP contribution in [0.5, 0.6) is 0 Å². The first kappa shape index (κ1) is 18.1. The Morgan fingerprint density at radius 3 is 1.79 bits per heavy atom. The number of aliphatic hydroxyl groups is 1. The molecule has 4 rings (SSSR count). The van der Waals surface area contributed by atoms with Crippen molar-refractivity contribution < 1.29 is 9.84 Å². The first-order valence-electron chi connectivity index (χ1n) is 9.43. The van der Waals surface area contributed by atoms with E-state index < -0.39 is 5.60 Å². The van der Waals surface area contributed by atoms with Gasteiger partial charge in [0, 0.05) is 0 Å². The molecule has 1 aliphatic rings. The van der Waals surface area contributed by atoms with E-state index in [1.807, 2.05) is 84.9 Å². The third-order valence-electron chi connectivity index (χ3n) is 5.24. The molecular formula is C26H23O2-. The van der Waals surface area contributed by atoms with Crippen molar-refractivity contribution in [1.29, 1.82) is 0 Å². The van der Waals surface area contributed by atoms with Gasteiger partial charge in [0.05, 0.1) is 12.7 Å². The second-order valence-corrected chi connectivity index (χ2v) is 6.89. The Hall–Kier alpha value is -3.23. The molecule has 0 bridgehead atoms. The molecule has 0 aliphatic heterocycles. The molecule has 1 atom stereocenters. The quantitative estimate of drug-likeness (QED) is 0.614. The first-order chi connectivity index (χ1) is 13.7. The van der Waals surface area contributed by atoms with Gasteiger partial charge in [-0.1, -0.05) is 96.6 Å². The molecule has 0 spiro atoms. The Balaban J connectivity index is 1.83. The van der Waals surface area contributed by atoms with Gasteiger partial charge in [-0.15, -0.1) is 17.7 Å². The maximum absolute atomic E-state index is 12.0. The van der Waals surface area contributed by atoms with Crippen LogP contribution in [0.25, 0.3) is 0 Å². The number of benzene rings is 3. The summed E-state index contributed by atoms with van der Waals surface area (Å²) in [6.07, 6.45) is 6.18. The van der Waals surface area contributed by atoms with Gasteiger partial charge in [-0.05, 0) is 22.8 Å². The van der Waals surface area contributed by atoms with Crippen LogP contribution in [0.1, 0.15) is 22.6 Å². The predicted octanol–water partition coefficient (Wildman–Crippen LogP) is 5.38. The van der Waals surface area contributed by atoms with Crippen LogP contribution in [0.3, 0.4) is 0 Å². The van der Waals surface area contributed by atoms with Crippen molar-refractivity contribution in [3.63, 3.8) is 0 Å². The Bertz CT molecular complexity index is 933. The molecule has 1 aliphatic carbocycles. The van der Waals surface area contributed by atoms with Crippen LogP contribution in [0.4, 0.5) is 0 Å². The van der Waals surface area contributed by atoms with Gasteiger partial charge < -0.3 is 9.84 Å². The van der Waals surface area contributed by atoms with Crippen molar-refractivity contribution in [1.82, 2.24) is 0 Å². The second kappa shape index (κ2) is 7.79. The van der Waals surface area contributed by atoms with Crippen LogP contribution in [-0.2, 0) is 10.3 Å². The summed E-state index contributed by atoms with van der Waals surface area (Å²) < 4.78 is 5.76. The highest BCUT2D eigenvalue weighted by Crippen LogP contribution is 2.43. The number of methoxy groups -OCH3 is 1. The molecule has 2 nitrogen and oxygen atoms in total. The molecule has 0 amide bonds. The molecule has 0 radical (unpaired) electrons. The van der Waals surface area contributed by atoms with Crippen molar-refractivity contribution in [2.45, 2.75) is 11.5 Å². The second-order valence-electron chi connectivity index (χ2n) is 6.89. The van der Waals surface area contributed by atoms with Gasteiger partial charge in [0.15, 0.2) is 0 Å². The predicted molar refractivity (Wildman–Crippen MR) is 113 cm³/mol. The topological polar surface area (TPSA) is 29.5 Å². The summed E-state index contributed by atoms with van der Waals surface area (Å²) in [7, 11) is 1.66. The van der Waals surface area contributed by atoms with Crippen LogP contribution >= 0.6 is 0 Å². The van der Waals surface area contributed by atoms with Crippen LogP contribution in [0.15, 0.2) is 114 Å². The molecule has 0 saturated carbocycles. The summed E-state index contributed by atoms with van der Waals surface area (Å²) in [5.74, 6) is 0.794. The summed E-state index contributed by atoms with van der Waals surface area (Å²) >= 11 is 0. The smallest absolute Gasteiger partial charge is 0.0792 e. The van der Waals surface area contributed by atoms with E-state index in [1.54, 1.807) is 7.11 Å². The molecule has 3 aromatic rings. The van der Waals surface area contributed by atoms with Crippen LogP contribution < -0.4 is 0 Å². The van der Waals surface area contributed by atoms with Gasteiger partial charge in [-0.2, -0.15) is 6.42 Å². The molecule has 0 saturated heterocycles. The summed E-state index contributed by atoms with van der Waals surface area (Å²) in [6.45, 7) is 0. The summed E-state index contributed by atoms with van der Waals surface area (Å²) in [5, 5.41) is 12.0. The van der Waals surface area contributed by atoms with E-state index in [9.17, 15) is 5.11 Å². The number of hydrogen-bond acceptors (Lipinski definition) is 2. The highest BCUT2D eigenvalue weighted by atomic mass is 16.5. The van der Waals surface area contributed by atoms with Crippen molar-refractivity contribution >= 4 is 0 Å². The van der Waals surface area contributed by atoms with E-state index in [-0.39, 0.29) is 5.92 Å². The fraction of sp³-hybridized carbons (Fsp3) is 0.115. The molecule has 0 aromatic heterocycles. The lowest BCUT2D eigenvalue weighted by Crippen LogP contribution is -2.32. The lowest BCUT2D eigenvalue weighted by atomic mass is 9.75. The average Bonchev–Trinajstić information content (AvgIpc) is 2.80. The molecule has 3 aromatic carbocycles. The molecule has 140 valence electrons. The monoisotopic (exact) mass is 367 g/mol. The Kier molecular flexibility index (Phi) is 5.05. The van der Waals surface area contributed by atoms with Crippen LogP contribution in [0.2, 0.25) is 0 Å². The lowest BCUT2D eigenvalue weighted by Gasteiger charge is -2.42. The Morgan fingerprint density at radius 1 is 0.786 bits per heavy atom. The zero-order chi connectivity index (χ0) is 19.4. The number of ether oxygens (including phenoxy) is 1. The third-order valence-corrected chi connectivity index (χ3v) is 5.24. The molecule has 28 heavy (non-hydrogen) atoms. The molecule has 2 heteroatoms. The van der Waals surface area contributed by atoms with E-state index >= 15 is 0 Å². The summed E-state index contributed by atoms with van der Waals surface area (Å²) in [5.41, 5.74) is 2.24. The largest absolute Gasteiger partial charge is 0.534 e. The van der Waals surface area contributed by atoms with Crippen molar-refractivity contribution in [2.24, 2.45) is 0 Å². The van der Waals surface area contributed by atoms with Gasteiger partial charge in [0.2, 0.25) is 0 Å². The van der Waals surface area contributed by atoms with Gasteiger partial charge in [-0.3, -0.25) is 0 Å². The van der Waals surface area contributed by atoms with E-state index in [4.69, 9.17) is 4.74 Å². The van der Waals surface area contributed by atoms with Gasteiger partial charge in [0.25, 0.3) is 0 Å². The van der Waals surface area contributed by atoms with Crippen LogP contribution in [0, 0.1) is 6.42 Å². The zero-order valence-electron chi connectivity index (χ0n) is 15.8. The zero-order valence-corrected chi connectivity index (χ0v) is 15.8. The normalized spacial score (nSPS) is 16.6. The van der Waals surface area contributed by atoms with Crippen molar-refractivity contribution in [3.05, 3.63) is 138 Å².